The van der Waals surface area contributed by atoms with Crippen LogP contribution < -0.4 is 10.1 Å². The maximum absolute atomic E-state index is 6.02. The monoisotopic (exact) mass is 334 g/mol. The van der Waals surface area contributed by atoms with E-state index in [1.54, 1.807) is 0 Å². The van der Waals surface area contributed by atoms with E-state index in [9.17, 15) is 0 Å². The Balaban J connectivity index is 2.26. The first-order valence-corrected chi connectivity index (χ1v) is 7.49. The molecule has 20 heavy (non-hydrogen) atoms. The molecular weight excluding hydrogens is 316 g/mol. The molecule has 0 aliphatic carbocycles. The van der Waals surface area contributed by atoms with Gasteiger partial charge in [0.15, 0.2) is 0 Å². The van der Waals surface area contributed by atoms with Crippen LogP contribution in [-0.2, 0) is 6.54 Å². The number of hydrogen-bond acceptors (Lipinski definition) is 3. The molecule has 0 fully saturated rings. The van der Waals surface area contributed by atoms with Gasteiger partial charge in [-0.25, -0.2) is 0 Å². The third kappa shape index (κ3) is 3.81. The van der Waals surface area contributed by atoms with Crippen LogP contribution >= 0.6 is 15.9 Å². The zero-order valence-electron chi connectivity index (χ0n) is 12.0. The third-order valence-electron chi connectivity index (χ3n) is 3.00. The maximum Gasteiger partial charge on any atom is 0.135 e. The van der Waals surface area contributed by atoms with Crippen molar-refractivity contribution in [3.05, 3.63) is 51.8 Å². The van der Waals surface area contributed by atoms with Crippen LogP contribution in [0.15, 0.2) is 34.9 Å². The Bertz CT molecular complexity index is 599. The summed E-state index contributed by atoms with van der Waals surface area (Å²) in [7, 11) is 0. The highest BCUT2D eigenvalue weighted by molar-refractivity contribution is 9.10. The van der Waals surface area contributed by atoms with E-state index < -0.39 is 0 Å². The fourth-order valence-corrected chi connectivity index (χ4v) is 2.10. The number of nitrogens with one attached hydrogen (secondary N) is 1. The summed E-state index contributed by atoms with van der Waals surface area (Å²) in [6, 6.07) is 7.97. The lowest BCUT2D eigenvalue weighted by molar-refractivity contribution is 0.471. The van der Waals surface area contributed by atoms with E-state index >= 15 is 0 Å². The molecule has 0 saturated carbocycles. The summed E-state index contributed by atoms with van der Waals surface area (Å²) in [5, 5.41) is 3.30. The van der Waals surface area contributed by atoms with Crippen molar-refractivity contribution < 1.29 is 4.74 Å². The van der Waals surface area contributed by atoms with Gasteiger partial charge in [0.25, 0.3) is 0 Å². The predicted molar refractivity (Wildman–Crippen MR) is 85.3 cm³/mol. The Morgan fingerprint density at radius 3 is 2.75 bits per heavy atom. The van der Waals surface area contributed by atoms with Gasteiger partial charge in [0.2, 0.25) is 0 Å². The van der Waals surface area contributed by atoms with E-state index in [1.165, 1.54) is 0 Å². The van der Waals surface area contributed by atoms with Crippen molar-refractivity contribution in [3.63, 3.8) is 0 Å². The molecular formula is C16H19BrN2O. The molecule has 0 bridgehead atoms. The van der Waals surface area contributed by atoms with Crippen LogP contribution in [0.5, 0.6) is 11.5 Å². The van der Waals surface area contributed by atoms with Crippen molar-refractivity contribution in [2.45, 2.75) is 27.3 Å². The van der Waals surface area contributed by atoms with E-state index in [0.29, 0.717) is 0 Å². The van der Waals surface area contributed by atoms with Crippen LogP contribution in [0, 0.1) is 13.8 Å². The number of benzene rings is 1. The maximum atomic E-state index is 6.02. The molecule has 0 aliphatic heterocycles. The Labute approximate surface area is 128 Å². The van der Waals surface area contributed by atoms with Gasteiger partial charge in [-0.2, -0.15) is 0 Å². The molecule has 0 aliphatic rings. The molecule has 3 nitrogen and oxygen atoms in total. The highest BCUT2D eigenvalue weighted by Gasteiger charge is 2.07. The molecule has 0 atom stereocenters. The third-order valence-corrected chi connectivity index (χ3v) is 3.89. The van der Waals surface area contributed by atoms with Crippen molar-refractivity contribution in [3.8, 4) is 11.5 Å². The molecule has 1 aromatic heterocycles. The summed E-state index contributed by atoms with van der Waals surface area (Å²) in [5.41, 5.74) is 3.17. The molecule has 1 aromatic carbocycles. The molecule has 1 heterocycles. The number of pyridine rings is 1. The minimum absolute atomic E-state index is 0.759. The number of ether oxygens (including phenoxy) is 1. The van der Waals surface area contributed by atoms with Crippen LogP contribution in [0.4, 0.5) is 0 Å². The highest BCUT2D eigenvalue weighted by Crippen LogP contribution is 2.28. The van der Waals surface area contributed by atoms with Crippen molar-refractivity contribution >= 4 is 15.9 Å². The smallest absolute Gasteiger partial charge is 0.135 e. The summed E-state index contributed by atoms with van der Waals surface area (Å²) in [6.45, 7) is 7.78. The predicted octanol–water partition coefficient (Wildman–Crippen LogP) is 4.36. The van der Waals surface area contributed by atoms with Gasteiger partial charge in [-0.05, 0) is 44.2 Å². The average molecular weight is 335 g/mol. The van der Waals surface area contributed by atoms with Crippen LogP contribution in [0.25, 0.3) is 0 Å². The molecule has 0 radical (unpaired) electrons. The number of nitrogens with zero attached hydrogens (tertiary/aromatic N) is 1. The van der Waals surface area contributed by atoms with E-state index in [2.05, 4.69) is 33.2 Å². The zero-order chi connectivity index (χ0) is 14.5. The summed E-state index contributed by atoms with van der Waals surface area (Å²) >= 11 is 3.50. The van der Waals surface area contributed by atoms with Gasteiger partial charge >= 0.3 is 0 Å². The molecule has 0 spiro atoms. The van der Waals surface area contributed by atoms with Crippen molar-refractivity contribution in [1.29, 1.82) is 0 Å². The number of hydrogen-bond donors (Lipinski definition) is 1. The fraction of sp³-hybridized carbons (Fsp3) is 0.312. The second-order valence-corrected chi connectivity index (χ2v) is 5.58. The molecule has 1 N–H and O–H groups in total. The lowest BCUT2D eigenvalue weighted by atomic mass is 10.2. The summed E-state index contributed by atoms with van der Waals surface area (Å²) in [5.74, 6) is 1.70. The Morgan fingerprint density at radius 1 is 1.25 bits per heavy atom. The molecule has 2 rings (SSSR count). The van der Waals surface area contributed by atoms with Gasteiger partial charge in [0.1, 0.15) is 11.5 Å². The first-order chi connectivity index (χ1) is 9.60. The second kappa shape index (κ2) is 6.86. The SMILES string of the molecule is CCNCc1cnc(C)cc1Oc1ccc(Br)c(C)c1. The minimum atomic E-state index is 0.759. The molecule has 0 saturated heterocycles. The Hall–Kier alpha value is -1.39. The molecule has 2 aromatic rings. The van der Waals surface area contributed by atoms with Gasteiger partial charge < -0.3 is 10.1 Å². The summed E-state index contributed by atoms with van der Waals surface area (Å²) < 4.78 is 7.11. The van der Waals surface area contributed by atoms with Gasteiger partial charge in [-0.3, -0.25) is 4.98 Å². The quantitative estimate of drug-likeness (QED) is 0.881. The van der Waals surface area contributed by atoms with Gasteiger partial charge in [-0.1, -0.05) is 22.9 Å². The van der Waals surface area contributed by atoms with Crippen LogP contribution in [-0.4, -0.2) is 11.5 Å². The highest BCUT2D eigenvalue weighted by atomic mass is 79.9. The first-order valence-electron chi connectivity index (χ1n) is 6.70. The normalized spacial score (nSPS) is 10.6. The number of halogens is 1. The minimum Gasteiger partial charge on any atom is -0.457 e. The van der Waals surface area contributed by atoms with Crippen LogP contribution in [0.3, 0.4) is 0 Å². The van der Waals surface area contributed by atoms with Gasteiger partial charge in [-0.15, -0.1) is 0 Å². The van der Waals surface area contributed by atoms with Crippen molar-refractivity contribution in [2.75, 3.05) is 6.54 Å². The Kier molecular flexibility index (Phi) is 5.15. The van der Waals surface area contributed by atoms with Crippen molar-refractivity contribution in [1.82, 2.24) is 10.3 Å². The van der Waals surface area contributed by atoms with E-state index in [1.807, 2.05) is 44.3 Å². The number of rotatable bonds is 5. The first kappa shape index (κ1) is 15.0. The second-order valence-electron chi connectivity index (χ2n) is 4.73. The zero-order valence-corrected chi connectivity index (χ0v) is 13.6. The van der Waals surface area contributed by atoms with E-state index in [4.69, 9.17) is 4.74 Å². The van der Waals surface area contributed by atoms with Gasteiger partial charge in [0, 0.05) is 34.5 Å². The van der Waals surface area contributed by atoms with Crippen molar-refractivity contribution in [2.24, 2.45) is 0 Å². The molecule has 0 amide bonds. The molecule has 0 unspecified atom stereocenters. The lowest BCUT2D eigenvalue weighted by Crippen LogP contribution is -2.12. The fourth-order valence-electron chi connectivity index (χ4n) is 1.86. The number of aromatic nitrogens is 1. The average Bonchev–Trinajstić information content (AvgIpc) is 2.42. The molecule has 4 heteroatoms. The lowest BCUT2D eigenvalue weighted by Gasteiger charge is -2.12. The summed E-state index contributed by atoms with van der Waals surface area (Å²) in [6.07, 6.45) is 1.87. The largest absolute Gasteiger partial charge is 0.457 e. The van der Waals surface area contributed by atoms with Gasteiger partial charge in [0.05, 0.1) is 0 Å². The molecule has 106 valence electrons. The topological polar surface area (TPSA) is 34.2 Å². The van der Waals surface area contributed by atoms with E-state index in [0.717, 1.165) is 45.9 Å². The van der Waals surface area contributed by atoms with Crippen LogP contribution in [0.1, 0.15) is 23.7 Å². The summed E-state index contributed by atoms with van der Waals surface area (Å²) in [4.78, 5) is 4.34. The van der Waals surface area contributed by atoms with E-state index in [-0.39, 0.29) is 0 Å². The standard InChI is InChI=1S/C16H19BrN2O/c1-4-18-9-13-10-19-12(3)8-16(13)20-14-5-6-15(17)11(2)7-14/h5-8,10,18H,4,9H2,1-3H3. The number of aryl methyl sites for hydroxylation is 2. The van der Waals surface area contributed by atoms with Crippen LogP contribution in [0.2, 0.25) is 0 Å². The Morgan fingerprint density at radius 2 is 2.05 bits per heavy atom.